The van der Waals surface area contributed by atoms with Crippen LogP contribution in [0, 0.1) is 5.92 Å². The van der Waals surface area contributed by atoms with Gasteiger partial charge in [0.05, 0.1) is 5.75 Å². The largest absolute Gasteiger partial charge is 0.299 e. The Morgan fingerprint density at radius 2 is 2.20 bits per heavy atom. The van der Waals surface area contributed by atoms with Crippen LogP contribution in [0.25, 0.3) is 0 Å². The molecule has 0 aliphatic carbocycles. The highest BCUT2D eigenvalue weighted by Gasteiger charge is 2.05. The lowest BCUT2D eigenvalue weighted by atomic mass is 10.0. The SMILES string of the molecule is CCC(C)CC(=O)CSC. The van der Waals surface area contributed by atoms with Crippen molar-refractivity contribution in [3.8, 4) is 0 Å². The van der Waals surface area contributed by atoms with Crippen molar-refractivity contribution in [2.24, 2.45) is 5.92 Å². The molecule has 1 unspecified atom stereocenters. The van der Waals surface area contributed by atoms with Gasteiger partial charge in [0.15, 0.2) is 0 Å². The summed E-state index contributed by atoms with van der Waals surface area (Å²) in [7, 11) is 0. The lowest BCUT2D eigenvalue weighted by Crippen LogP contribution is -2.06. The van der Waals surface area contributed by atoms with Crippen molar-refractivity contribution in [3.05, 3.63) is 0 Å². The first-order valence-corrected chi connectivity index (χ1v) is 5.10. The van der Waals surface area contributed by atoms with Gasteiger partial charge in [-0.25, -0.2) is 0 Å². The van der Waals surface area contributed by atoms with Gasteiger partial charge in [-0.3, -0.25) is 4.79 Å². The number of ketones is 1. The zero-order chi connectivity index (χ0) is 7.98. The molecule has 0 aromatic carbocycles. The summed E-state index contributed by atoms with van der Waals surface area (Å²) in [6, 6.07) is 0. The van der Waals surface area contributed by atoms with Gasteiger partial charge in [-0.05, 0) is 12.2 Å². The summed E-state index contributed by atoms with van der Waals surface area (Å²) in [5.41, 5.74) is 0. The van der Waals surface area contributed by atoms with Crippen molar-refractivity contribution in [1.29, 1.82) is 0 Å². The van der Waals surface area contributed by atoms with Gasteiger partial charge in [0.2, 0.25) is 0 Å². The molecule has 0 aromatic rings. The van der Waals surface area contributed by atoms with Gasteiger partial charge in [0.25, 0.3) is 0 Å². The molecule has 0 saturated carbocycles. The van der Waals surface area contributed by atoms with Crippen LogP contribution in [0.1, 0.15) is 26.7 Å². The zero-order valence-corrected chi connectivity index (χ0v) is 7.83. The van der Waals surface area contributed by atoms with Gasteiger partial charge in [-0.1, -0.05) is 20.3 Å². The summed E-state index contributed by atoms with van der Waals surface area (Å²) in [6.45, 7) is 4.25. The third-order valence-corrected chi connectivity index (χ3v) is 2.19. The maximum absolute atomic E-state index is 11.0. The number of carbonyl (C=O) groups is 1. The normalized spacial score (nSPS) is 13.1. The molecule has 1 nitrogen and oxygen atoms in total. The van der Waals surface area contributed by atoms with E-state index in [1.165, 1.54) is 0 Å². The summed E-state index contributed by atoms with van der Waals surface area (Å²) in [5, 5.41) is 0. The van der Waals surface area contributed by atoms with E-state index in [2.05, 4.69) is 13.8 Å². The third-order valence-electron chi connectivity index (χ3n) is 1.58. The standard InChI is InChI=1S/C8H16OS/c1-4-7(2)5-8(9)6-10-3/h7H,4-6H2,1-3H3. The predicted octanol–water partition coefficient (Wildman–Crippen LogP) is 2.35. The first-order chi connectivity index (χ1) is 4.70. The van der Waals surface area contributed by atoms with Crippen LogP contribution in [0.3, 0.4) is 0 Å². The number of hydrogen-bond acceptors (Lipinski definition) is 2. The highest BCUT2D eigenvalue weighted by molar-refractivity contribution is 7.99. The van der Waals surface area contributed by atoms with Crippen LogP contribution in [0.4, 0.5) is 0 Å². The summed E-state index contributed by atoms with van der Waals surface area (Å²) < 4.78 is 0. The average Bonchev–Trinajstić information content (AvgIpc) is 1.88. The van der Waals surface area contributed by atoms with Gasteiger partial charge in [0, 0.05) is 6.42 Å². The fourth-order valence-electron chi connectivity index (χ4n) is 0.753. The van der Waals surface area contributed by atoms with E-state index in [1.54, 1.807) is 11.8 Å². The Kier molecular flexibility index (Phi) is 5.79. The molecule has 0 N–H and O–H groups in total. The molecule has 1 atom stereocenters. The molecule has 0 amide bonds. The van der Waals surface area contributed by atoms with E-state index in [0.717, 1.165) is 12.8 Å². The Balaban J connectivity index is 3.37. The van der Waals surface area contributed by atoms with Crippen LogP contribution in [0.2, 0.25) is 0 Å². The minimum absolute atomic E-state index is 0.391. The van der Waals surface area contributed by atoms with Crippen LogP contribution in [-0.2, 0) is 4.79 Å². The maximum Gasteiger partial charge on any atom is 0.142 e. The maximum atomic E-state index is 11.0. The molecular formula is C8H16OS. The number of thioether (sulfide) groups is 1. The Morgan fingerprint density at radius 3 is 2.60 bits per heavy atom. The monoisotopic (exact) mass is 160 g/mol. The summed E-state index contributed by atoms with van der Waals surface area (Å²) >= 11 is 1.61. The summed E-state index contributed by atoms with van der Waals surface area (Å²) in [6.07, 6.45) is 3.84. The van der Waals surface area contributed by atoms with E-state index in [0.29, 0.717) is 17.5 Å². The summed E-state index contributed by atoms with van der Waals surface area (Å²) in [4.78, 5) is 11.0. The fourth-order valence-corrected chi connectivity index (χ4v) is 1.19. The first kappa shape index (κ1) is 10.0. The smallest absolute Gasteiger partial charge is 0.142 e. The van der Waals surface area contributed by atoms with Crippen molar-refractivity contribution >= 4 is 17.5 Å². The van der Waals surface area contributed by atoms with Crippen molar-refractivity contribution in [1.82, 2.24) is 0 Å². The number of Topliss-reactive ketones (excluding diaryl/α,β-unsaturated/α-hetero) is 1. The number of rotatable bonds is 5. The Hall–Kier alpha value is 0.0200. The van der Waals surface area contributed by atoms with Crippen LogP contribution in [-0.4, -0.2) is 17.8 Å². The van der Waals surface area contributed by atoms with E-state index in [9.17, 15) is 4.79 Å². The molecule has 0 aliphatic heterocycles. The topological polar surface area (TPSA) is 17.1 Å². The van der Waals surface area contributed by atoms with Crippen molar-refractivity contribution in [2.45, 2.75) is 26.7 Å². The van der Waals surface area contributed by atoms with Crippen LogP contribution >= 0.6 is 11.8 Å². The second kappa shape index (κ2) is 5.78. The lowest BCUT2D eigenvalue weighted by molar-refractivity contribution is -0.117. The predicted molar refractivity (Wildman–Crippen MR) is 47.5 cm³/mol. The Morgan fingerprint density at radius 1 is 1.60 bits per heavy atom. The van der Waals surface area contributed by atoms with Crippen molar-refractivity contribution in [3.63, 3.8) is 0 Å². The van der Waals surface area contributed by atoms with E-state index in [4.69, 9.17) is 0 Å². The van der Waals surface area contributed by atoms with E-state index in [1.807, 2.05) is 6.26 Å². The minimum Gasteiger partial charge on any atom is -0.299 e. The molecule has 0 spiro atoms. The van der Waals surface area contributed by atoms with Gasteiger partial charge in [-0.2, -0.15) is 11.8 Å². The molecule has 60 valence electrons. The molecule has 0 fully saturated rings. The minimum atomic E-state index is 0.391. The third kappa shape index (κ3) is 4.86. The van der Waals surface area contributed by atoms with Crippen molar-refractivity contribution in [2.75, 3.05) is 12.0 Å². The summed E-state index contributed by atoms with van der Waals surface area (Å²) in [5.74, 6) is 1.64. The Bertz CT molecular complexity index is 101. The van der Waals surface area contributed by atoms with Crippen LogP contribution in [0.15, 0.2) is 0 Å². The fraction of sp³-hybridized carbons (Fsp3) is 0.875. The second-order valence-corrected chi connectivity index (χ2v) is 3.56. The zero-order valence-electron chi connectivity index (χ0n) is 7.02. The van der Waals surface area contributed by atoms with Gasteiger partial charge in [0.1, 0.15) is 5.78 Å². The second-order valence-electron chi connectivity index (χ2n) is 2.69. The molecule has 0 aromatic heterocycles. The molecule has 0 heterocycles. The molecule has 2 heteroatoms. The highest BCUT2D eigenvalue weighted by atomic mass is 32.2. The van der Waals surface area contributed by atoms with Gasteiger partial charge in [-0.15, -0.1) is 0 Å². The van der Waals surface area contributed by atoms with E-state index in [-0.39, 0.29) is 0 Å². The molecule has 0 rings (SSSR count). The Labute approximate surface area is 67.6 Å². The van der Waals surface area contributed by atoms with Crippen LogP contribution in [0.5, 0.6) is 0 Å². The molecule has 0 bridgehead atoms. The van der Waals surface area contributed by atoms with Gasteiger partial charge >= 0.3 is 0 Å². The highest BCUT2D eigenvalue weighted by Crippen LogP contribution is 2.08. The molecule has 0 saturated heterocycles. The quantitative estimate of drug-likeness (QED) is 0.614. The average molecular weight is 160 g/mol. The molecule has 0 radical (unpaired) electrons. The van der Waals surface area contributed by atoms with E-state index < -0.39 is 0 Å². The molecule has 0 aliphatic rings. The van der Waals surface area contributed by atoms with Crippen molar-refractivity contribution < 1.29 is 4.79 Å². The van der Waals surface area contributed by atoms with Crippen LogP contribution < -0.4 is 0 Å². The van der Waals surface area contributed by atoms with Gasteiger partial charge < -0.3 is 0 Å². The number of carbonyl (C=O) groups excluding carboxylic acids is 1. The van der Waals surface area contributed by atoms with E-state index >= 15 is 0 Å². The lowest BCUT2D eigenvalue weighted by Gasteiger charge is -2.04. The number of hydrogen-bond donors (Lipinski definition) is 0. The molecular weight excluding hydrogens is 144 g/mol. The molecule has 10 heavy (non-hydrogen) atoms. The first-order valence-electron chi connectivity index (χ1n) is 3.71.